The van der Waals surface area contributed by atoms with E-state index in [1.54, 1.807) is 0 Å². The van der Waals surface area contributed by atoms with Crippen molar-refractivity contribution in [1.29, 1.82) is 0 Å². The van der Waals surface area contributed by atoms with Crippen LogP contribution in [0.4, 0.5) is 0 Å². The summed E-state index contributed by atoms with van der Waals surface area (Å²) in [6.45, 7) is 0.362. The van der Waals surface area contributed by atoms with E-state index in [2.05, 4.69) is 10.3 Å². The predicted molar refractivity (Wildman–Crippen MR) is 70.7 cm³/mol. The van der Waals surface area contributed by atoms with Gasteiger partial charge in [-0.15, -0.1) is 11.3 Å². The van der Waals surface area contributed by atoms with Crippen molar-refractivity contribution in [2.24, 2.45) is 11.8 Å². The maximum Gasteiger partial charge on any atom is 0.307 e. The van der Waals surface area contributed by atoms with E-state index in [9.17, 15) is 9.59 Å². The van der Waals surface area contributed by atoms with Crippen molar-refractivity contribution < 1.29 is 14.7 Å². The number of aliphatic carboxylic acids is 1. The molecule has 1 aliphatic rings. The number of carbonyl (C=O) groups is 2. The quantitative estimate of drug-likeness (QED) is 0.889. The van der Waals surface area contributed by atoms with E-state index in [-0.39, 0.29) is 11.8 Å². The highest BCUT2D eigenvalue weighted by molar-refractivity contribution is 7.18. The van der Waals surface area contributed by atoms with E-state index >= 15 is 0 Å². The lowest BCUT2D eigenvalue weighted by molar-refractivity contribution is -0.140. The number of benzene rings is 1. The van der Waals surface area contributed by atoms with Crippen LogP contribution in [0.2, 0.25) is 0 Å². The number of aromatic nitrogens is 1. The van der Waals surface area contributed by atoms with Gasteiger partial charge in [0.25, 0.3) is 0 Å². The van der Waals surface area contributed by atoms with Crippen molar-refractivity contribution in [3.05, 3.63) is 29.3 Å². The lowest BCUT2D eigenvalue weighted by Crippen LogP contribution is -2.25. The summed E-state index contributed by atoms with van der Waals surface area (Å²) in [5.41, 5.74) is 0.923. The number of hydrogen-bond donors (Lipinski definition) is 2. The maximum absolute atomic E-state index is 11.7. The SMILES string of the molecule is O=C(O)[C@H]1C[C@H]1C(=O)NCc1nc2ccccc2s1. The Morgan fingerprint density at radius 1 is 1.37 bits per heavy atom. The minimum Gasteiger partial charge on any atom is -0.481 e. The molecule has 1 aliphatic carbocycles. The summed E-state index contributed by atoms with van der Waals surface area (Å²) < 4.78 is 1.08. The number of rotatable bonds is 4. The molecule has 98 valence electrons. The van der Waals surface area contributed by atoms with Gasteiger partial charge < -0.3 is 10.4 Å². The number of carbonyl (C=O) groups excluding carboxylic acids is 1. The summed E-state index contributed by atoms with van der Waals surface area (Å²) >= 11 is 1.54. The molecule has 1 saturated carbocycles. The third-order valence-corrected chi connectivity index (χ3v) is 4.23. The summed E-state index contributed by atoms with van der Waals surface area (Å²) in [7, 11) is 0. The Morgan fingerprint density at radius 2 is 2.16 bits per heavy atom. The molecule has 19 heavy (non-hydrogen) atoms. The molecule has 6 heteroatoms. The highest BCUT2D eigenvalue weighted by atomic mass is 32.1. The van der Waals surface area contributed by atoms with Crippen LogP contribution in [0, 0.1) is 11.8 Å². The summed E-state index contributed by atoms with van der Waals surface area (Å²) in [5, 5.41) is 12.4. The predicted octanol–water partition coefficient (Wildman–Crippen LogP) is 1.63. The van der Waals surface area contributed by atoms with Crippen LogP contribution in [0.3, 0.4) is 0 Å². The second-order valence-electron chi connectivity index (χ2n) is 4.58. The van der Waals surface area contributed by atoms with E-state index in [0.717, 1.165) is 15.2 Å². The van der Waals surface area contributed by atoms with Gasteiger partial charge in [-0.05, 0) is 18.6 Å². The van der Waals surface area contributed by atoms with Gasteiger partial charge in [-0.25, -0.2) is 4.98 Å². The second-order valence-corrected chi connectivity index (χ2v) is 5.70. The maximum atomic E-state index is 11.7. The largest absolute Gasteiger partial charge is 0.481 e. The standard InChI is InChI=1S/C13H12N2O3S/c16-12(7-5-8(7)13(17)18)14-6-11-15-9-3-1-2-4-10(9)19-11/h1-4,7-8H,5-6H2,(H,14,16)(H,17,18)/t7-,8+/m1/s1. The number of carboxylic acids is 1. The first-order chi connectivity index (χ1) is 9.15. The summed E-state index contributed by atoms with van der Waals surface area (Å²) in [6, 6.07) is 7.79. The zero-order valence-corrected chi connectivity index (χ0v) is 10.8. The topological polar surface area (TPSA) is 79.3 Å². The van der Waals surface area contributed by atoms with E-state index < -0.39 is 11.9 Å². The van der Waals surface area contributed by atoms with Crippen LogP contribution in [0.15, 0.2) is 24.3 Å². The van der Waals surface area contributed by atoms with Crippen LogP contribution in [0.1, 0.15) is 11.4 Å². The minimum absolute atomic E-state index is 0.188. The molecule has 1 amide bonds. The van der Waals surface area contributed by atoms with Gasteiger partial charge >= 0.3 is 5.97 Å². The molecule has 0 aliphatic heterocycles. The van der Waals surface area contributed by atoms with Crippen molar-refractivity contribution in [1.82, 2.24) is 10.3 Å². The van der Waals surface area contributed by atoms with Crippen LogP contribution in [-0.4, -0.2) is 22.0 Å². The van der Waals surface area contributed by atoms with Gasteiger partial charge in [0.2, 0.25) is 5.91 Å². The average molecular weight is 276 g/mol. The zero-order chi connectivity index (χ0) is 13.4. The van der Waals surface area contributed by atoms with Crippen LogP contribution < -0.4 is 5.32 Å². The molecule has 2 aromatic rings. The third kappa shape index (κ3) is 2.44. The molecule has 0 spiro atoms. The Labute approximate surface area is 113 Å². The fourth-order valence-corrected chi connectivity index (χ4v) is 2.95. The highest BCUT2D eigenvalue weighted by Crippen LogP contribution is 2.38. The number of carboxylic acid groups (broad SMARTS) is 1. The summed E-state index contributed by atoms with van der Waals surface area (Å²) in [4.78, 5) is 26.8. The normalized spacial score (nSPS) is 21.3. The monoisotopic (exact) mass is 276 g/mol. The average Bonchev–Trinajstić information content (AvgIpc) is 3.09. The minimum atomic E-state index is -0.889. The molecule has 2 N–H and O–H groups in total. The van der Waals surface area contributed by atoms with Crippen molar-refractivity contribution in [3.63, 3.8) is 0 Å². The van der Waals surface area contributed by atoms with Gasteiger partial charge in [0, 0.05) is 0 Å². The van der Waals surface area contributed by atoms with Gasteiger partial charge in [0.1, 0.15) is 5.01 Å². The lowest BCUT2D eigenvalue weighted by Gasteiger charge is -2.00. The van der Waals surface area contributed by atoms with Gasteiger partial charge in [-0.3, -0.25) is 9.59 Å². The molecule has 5 nitrogen and oxygen atoms in total. The fraction of sp³-hybridized carbons (Fsp3) is 0.308. The first-order valence-corrected chi connectivity index (χ1v) is 6.82. The summed E-state index contributed by atoms with van der Waals surface area (Å²) in [5.74, 6) is -1.95. The Balaban J connectivity index is 1.60. The fourth-order valence-electron chi connectivity index (χ4n) is 2.05. The lowest BCUT2D eigenvalue weighted by atomic mass is 10.3. The third-order valence-electron chi connectivity index (χ3n) is 3.20. The Kier molecular flexibility index (Phi) is 2.94. The van der Waals surface area contributed by atoms with E-state index in [0.29, 0.717) is 13.0 Å². The molecular weight excluding hydrogens is 264 g/mol. The first-order valence-electron chi connectivity index (χ1n) is 6.00. The van der Waals surface area contributed by atoms with Crippen molar-refractivity contribution in [3.8, 4) is 0 Å². The number of thiazole rings is 1. The van der Waals surface area contributed by atoms with Crippen LogP contribution in [0.5, 0.6) is 0 Å². The van der Waals surface area contributed by atoms with Crippen LogP contribution in [-0.2, 0) is 16.1 Å². The Hall–Kier alpha value is -1.95. The molecule has 0 unspecified atom stereocenters. The first kappa shape index (κ1) is 12.1. The highest BCUT2D eigenvalue weighted by Gasteiger charge is 2.48. The van der Waals surface area contributed by atoms with Gasteiger partial charge in [0.15, 0.2) is 0 Å². The number of fused-ring (bicyclic) bond motifs is 1. The number of para-hydroxylation sites is 1. The van der Waals surface area contributed by atoms with Crippen LogP contribution in [0.25, 0.3) is 10.2 Å². The molecule has 1 fully saturated rings. The molecule has 3 rings (SSSR count). The summed E-state index contributed by atoms with van der Waals surface area (Å²) in [6.07, 6.45) is 0.445. The Morgan fingerprint density at radius 3 is 2.84 bits per heavy atom. The molecule has 2 atom stereocenters. The number of nitrogens with zero attached hydrogens (tertiary/aromatic N) is 1. The second kappa shape index (κ2) is 4.62. The molecule has 1 heterocycles. The molecular formula is C13H12N2O3S. The van der Waals surface area contributed by atoms with E-state index in [1.165, 1.54) is 11.3 Å². The van der Waals surface area contributed by atoms with E-state index in [1.807, 2.05) is 24.3 Å². The molecule has 1 aromatic carbocycles. The Bertz CT molecular complexity index is 619. The number of nitrogens with one attached hydrogen (secondary N) is 1. The molecule has 1 aromatic heterocycles. The van der Waals surface area contributed by atoms with Crippen LogP contribution >= 0.6 is 11.3 Å². The molecule has 0 bridgehead atoms. The van der Waals surface area contributed by atoms with Crippen molar-refractivity contribution >= 4 is 33.4 Å². The van der Waals surface area contributed by atoms with Gasteiger partial charge in [-0.1, -0.05) is 12.1 Å². The smallest absolute Gasteiger partial charge is 0.307 e. The van der Waals surface area contributed by atoms with Crippen molar-refractivity contribution in [2.75, 3.05) is 0 Å². The van der Waals surface area contributed by atoms with Gasteiger partial charge in [0.05, 0.1) is 28.6 Å². The number of hydrogen-bond acceptors (Lipinski definition) is 4. The number of amides is 1. The van der Waals surface area contributed by atoms with Crippen molar-refractivity contribution in [2.45, 2.75) is 13.0 Å². The van der Waals surface area contributed by atoms with E-state index in [4.69, 9.17) is 5.11 Å². The zero-order valence-electron chi connectivity index (χ0n) is 10.00. The van der Waals surface area contributed by atoms with Gasteiger partial charge in [-0.2, -0.15) is 0 Å². The molecule has 0 radical (unpaired) electrons. The molecule has 0 saturated heterocycles.